The van der Waals surface area contributed by atoms with Gasteiger partial charge < -0.3 is 9.84 Å². The Morgan fingerprint density at radius 2 is 1.94 bits per heavy atom. The van der Waals surface area contributed by atoms with Crippen molar-refractivity contribution < 1.29 is 23.4 Å². The van der Waals surface area contributed by atoms with E-state index < -0.39 is 18.5 Å². The highest BCUT2D eigenvalue weighted by atomic mass is 19.3. The van der Waals surface area contributed by atoms with E-state index in [1.165, 1.54) is 31.2 Å². The van der Waals surface area contributed by atoms with Crippen LogP contribution in [0.5, 0.6) is 5.75 Å². The molecule has 0 unspecified atom stereocenters. The third-order valence-electron chi connectivity index (χ3n) is 2.07. The van der Waals surface area contributed by atoms with Gasteiger partial charge in [-0.2, -0.15) is 0 Å². The van der Waals surface area contributed by atoms with Crippen LogP contribution >= 0.6 is 0 Å². The Bertz CT molecular complexity index is 360. The van der Waals surface area contributed by atoms with Crippen molar-refractivity contribution in [2.75, 3.05) is 6.61 Å². The number of hydrogen-bond acceptors (Lipinski definition) is 2. The molecular formula is C11H12F2O3. The van der Waals surface area contributed by atoms with Gasteiger partial charge in [-0.15, -0.1) is 0 Å². The van der Waals surface area contributed by atoms with Gasteiger partial charge in [-0.05, 0) is 24.3 Å². The average Bonchev–Trinajstić information content (AvgIpc) is 2.27. The maximum atomic E-state index is 12.8. The highest BCUT2D eigenvalue weighted by molar-refractivity contribution is 5.87. The zero-order valence-corrected chi connectivity index (χ0v) is 8.74. The second kappa shape index (κ2) is 4.92. The van der Waals surface area contributed by atoms with Crippen molar-refractivity contribution in [3.05, 3.63) is 29.8 Å². The van der Waals surface area contributed by atoms with Crippen molar-refractivity contribution in [1.82, 2.24) is 0 Å². The molecule has 0 heterocycles. The van der Waals surface area contributed by atoms with Crippen LogP contribution in [-0.4, -0.2) is 23.6 Å². The van der Waals surface area contributed by atoms with E-state index in [0.29, 0.717) is 0 Å². The Labute approximate surface area is 91.7 Å². The number of carbonyl (C=O) groups is 1. The summed E-state index contributed by atoms with van der Waals surface area (Å²) in [7, 11) is 0. The maximum Gasteiger partial charge on any atom is 0.335 e. The number of hydrogen-bond donors (Lipinski definition) is 1. The highest BCUT2D eigenvalue weighted by Gasteiger charge is 2.27. The number of halogens is 2. The molecule has 88 valence electrons. The number of alkyl halides is 2. The van der Waals surface area contributed by atoms with E-state index in [0.717, 1.165) is 0 Å². The van der Waals surface area contributed by atoms with Crippen molar-refractivity contribution >= 4 is 5.97 Å². The van der Waals surface area contributed by atoms with Gasteiger partial charge in [0.2, 0.25) is 0 Å². The molecule has 0 radical (unpaired) electrons. The largest absolute Gasteiger partial charge is 0.487 e. The van der Waals surface area contributed by atoms with Gasteiger partial charge in [0.25, 0.3) is 5.92 Å². The molecule has 0 saturated heterocycles. The lowest BCUT2D eigenvalue weighted by molar-refractivity contribution is -0.0436. The molecule has 0 fully saturated rings. The summed E-state index contributed by atoms with van der Waals surface area (Å²) in [4.78, 5) is 10.5. The molecule has 0 aliphatic rings. The summed E-state index contributed by atoms with van der Waals surface area (Å²) in [5.74, 6) is -3.69. The van der Waals surface area contributed by atoms with Crippen LogP contribution in [0.15, 0.2) is 24.3 Å². The molecule has 5 heteroatoms. The molecule has 0 bridgehead atoms. The molecular weight excluding hydrogens is 218 g/mol. The van der Waals surface area contributed by atoms with Crippen molar-refractivity contribution in [3.8, 4) is 5.75 Å². The summed E-state index contributed by atoms with van der Waals surface area (Å²) in [6.07, 6.45) is -0.291. The van der Waals surface area contributed by atoms with Gasteiger partial charge >= 0.3 is 5.97 Å². The molecule has 0 saturated carbocycles. The van der Waals surface area contributed by atoms with E-state index in [-0.39, 0.29) is 17.7 Å². The van der Waals surface area contributed by atoms with E-state index >= 15 is 0 Å². The standard InChI is InChI=1S/C11H12F2O3/c1-2-11(12,13)7-16-9-5-3-8(4-6-9)10(14)15/h3-6H,2,7H2,1H3,(H,14,15). The van der Waals surface area contributed by atoms with Crippen molar-refractivity contribution in [2.45, 2.75) is 19.3 Å². The molecule has 1 aromatic rings. The first kappa shape index (κ1) is 12.4. The second-order valence-electron chi connectivity index (χ2n) is 3.33. The van der Waals surface area contributed by atoms with E-state index in [9.17, 15) is 13.6 Å². The Kier molecular flexibility index (Phi) is 3.82. The van der Waals surface area contributed by atoms with Crippen LogP contribution in [0.2, 0.25) is 0 Å². The fourth-order valence-corrected chi connectivity index (χ4v) is 0.985. The topological polar surface area (TPSA) is 46.5 Å². The monoisotopic (exact) mass is 230 g/mol. The van der Waals surface area contributed by atoms with Crippen LogP contribution in [0.4, 0.5) is 8.78 Å². The van der Waals surface area contributed by atoms with E-state index in [1.54, 1.807) is 0 Å². The van der Waals surface area contributed by atoms with Gasteiger partial charge in [-0.3, -0.25) is 0 Å². The summed E-state index contributed by atoms with van der Waals surface area (Å²) in [6.45, 7) is 0.673. The molecule has 0 aliphatic heterocycles. The Morgan fingerprint density at radius 3 is 2.38 bits per heavy atom. The SMILES string of the molecule is CCC(F)(F)COc1ccc(C(=O)O)cc1. The first-order chi connectivity index (χ1) is 7.44. The van der Waals surface area contributed by atoms with E-state index in [2.05, 4.69) is 0 Å². The lowest BCUT2D eigenvalue weighted by Crippen LogP contribution is -2.24. The number of carboxylic acids is 1. The predicted molar refractivity (Wildman–Crippen MR) is 54.1 cm³/mol. The number of benzene rings is 1. The fraction of sp³-hybridized carbons (Fsp3) is 0.364. The van der Waals surface area contributed by atoms with Crippen LogP contribution in [-0.2, 0) is 0 Å². The number of rotatable bonds is 5. The number of aromatic carboxylic acids is 1. The van der Waals surface area contributed by atoms with Crippen molar-refractivity contribution in [3.63, 3.8) is 0 Å². The van der Waals surface area contributed by atoms with Crippen molar-refractivity contribution in [1.29, 1.82) is 0 Å². The van der Waals surface area contributed by atoms with Crippen molar-refractivity contribution in [2.24, 2.45) is 0 Å². The minimum atomic E-state index is -2.86. The van der Waals surface area contributed by atoms with Crippen LogP contribution in [0, 0.1) is 0 Å². The minimum Gasteiger partial charge on any atom is -0.487 e. The Morgan fingerprint density at radius 1 is 1.38 bits per heavy atom. The molecule has 0 aromatic heterocycles. The third-order valence-corrected chi connectivity index (χ3v) is 2.07. The first-order valence-corrected chi connectivity index (χ1v) is 4.78. The van der Waals surface area contributed by atoms with Crippen LogP contribution < -0.4 is 4.74 Å². The van der Waals surface area contributed by atoms with Gasteiger partial charge in [0.1, 0.15) is 5.75 Å². The zero-order valence-electron chi connectivity index (χ0n) is 8.74. The zero-order chi connectivity index (χ0) is 12.2. The lowest BCUT2D eigenvalue weighted by atomic mass is 10.2. The highest BCUT2D eigenvalue weighted by Crippen LogP contribution is 2.20. The summed E-state index contributed by atoms with van der Waals surface area (Å²) in [5, 5.41) is 8.61. The molecule has 1 rings (SSSR count). The Hall–Kier alpha value is -1.65. The molecule has 0 atom stereocenters. The Balaban J connectivity index is 2.59. The van der Waals surface area contributed by atoms with Gasteiger partial charge in [0, 0.05) is 6.42 Å². The molecule has 0 amide bonds. The van der Waals surface area contributed by atoms with Gasteiger partial charge in [-0.1, -0.05) is 6.92 Å². The van der Waals surface area contributed by atoms with Gasteiger partial charge in [-0.25, -0.2) is 13.6 Å². The van der Waals surface area contributed by atoms with Gasteiger partial charge in [0.05, 0.1) is 5.56 Å². The minimum absolute atomic E-state index is 0.0922. The summed E-state index contributed by atoms with van der Waals surface area (Å²) < 4.78 is 30.5. The van der Waals surface area contributed by atoms with E-state index in [1.807, 2.05) is 0 Å². The second-order valence-corrected chi connectivity index (χ2v) is 3.33. The summed E-state index contributed by atoms with van der Waals surface area (Å²) >= 11 is 0. The van der Waals surface area contributed by atoms with Crippen LogP contribution in [0.25, 0.3) is 0 Å². The molecule has 3 nitrogen and oxygen atoms in total. The molecule has 0 aliphatic carbocycles. The normalized spacial score (nSPS) is 11.2. The molecule has 0 spiro atoms. The van der Waals surface area contributed by atoms with Gasteiger partial charge in [0.15, 0.2) is 6.61 Å². The average molecular weight is 230 g/mol. The molecule has 1 N–H and O–H groups in total. The third kappa shape index (κ3) is 3.49. The van der Waals surface area contributed by atoms with E-state index in [4.69, 9.17) is 9.84 Å². The summed E-state index contributed by atoms with van der Waals surface area (Å²) in [5.41, 5.74) is 0.0922. The first-order valence-electron chi connectivity index (χ1n) is 4.78. The maximum absolute atomic E-state index is 12.8. The van der Waals surface area contributed by atoms with Crippen LogP contribution in [0.1, 0.15) is 23.7 Å². The quantitative estimate of drug-likeness (QED) is 0.846. The molecule has 1 aromatic carbocycles. The summed E-state index contributed by atoms with van der Waals surface area (Å²) in [6, 6.07) is 5.33. The lowest BCUT2D eigenvalue weighted by Gasteiger charge is -2.14. The van der Waals surface area contributed by atoms with Crippen LogP contribution in [0.3, 0.4) is 0 Å². The fourth-order valence-electron chi connectivity index (χ4n) is 0.985. The smallest absolute Gasteiger partial charge is 0.335 e. The molecule has 16 heavy (non-hydrogen) atoms. The number of ether oxygens (including phenoxy) is 1. The number of carboxylic acid groups (broad SMARTS) is 1. The predicted octanol–water partition coefficient (Wildman–Crippen LogP) is 2.81.